The number of nitrogens with zero attached hydrogens (tertiary/aromatic N) is 3. The molecule has 1 amide bonds. The Hall–Kier alpha value is -1.66. The van der Waals surface area contributed by atoms with Crippen LogP contribution in [0.1, 0.15) is 87.5 Å². The maximum Gasteiger partial charge on any atom is 0.320 e. The molecule has 0 N–H and O–H groups in total. The van der Waals surface area contributed by atoms with Gasteiger partial charge in [0.1, 0.15) is 6.10 Å². The summed E-state index contributed by atoms with van der Waals surface area (Å²) in [6.07, 6.45) is 11.4. The summed E-state index contributed by atoms with van der Waals surface area (Å²) >= 11 is 0. The molecule has 6 nitrogen and oxygen atoms in total. The van der Waals surface area contributed by atoms with Gasteiger partial charge in [0.2, 0.25) is 5.91 Å². The van der Waals surface area contributed by atoms with Crippen molar-refractivity contribution in [2.24, 2.45) is 0 Å². The smallest absolute Gasteiger partial charge is 0.320 e. The second-order valence-corrected chi connectivity index (χ2v) is 12.8. The summed E-state index contributed by atoms with van der Waals surface area (Å²) in [5.74, 6) is -0.0114. The number of rotatable bonds is 4. The Balaban J connectivity index is 1.69. The lowest BCUT2D eigenvalue weighted by Gasteiger charge is -2.56. The van der Waals surface area contributed by atoms with E-state index in [4.69, 9.17) is 4.74 Å². The number of piperidine rings is 2. The molecule has 3 aliphatic rings. The van der Waals surface area contributed by atoms with Gasteiger partial charge in [-0.2, -0.15) is 0 Å². The third kappa shape index (κ3) is 5.54. The number of hydrogen-bond acceptors (Lipinski definition) is 5. The third-order valence-electron chi connectivity index (χ3n) is 8.26. The summed E-state index contributed by atoms with van der Waals surface area (Å²) in [7, 11) is 2.16. The highest BCUT2D eigenvalue weighted by Gasteiger charge is 2.49. The maximum atomic E-state index is 13.2. The van der Waals surface area contributed by atoms with Crippen LogP contribution in [0.5, 0.6) is 0 Å². The zero-order valence-electron chi connectivity index (χ0n) is 22.3. The molecule has 0 aromatic rings. The zero-order chi connectivity index (χ0) is 24.8. The van der Waals surface area contributed by atoms with E-state index in [1.54, 1.807) is 0 Å². The molecule has 0 aromatic heterocycles. The Kier molecular flexibility index (Phi) is 6.96. The molecule has 2 saturated heterocycles. The number of ether oxygens (including phenoxy) is 1. The number of esters is 1. The molecule has 2 fully saturated rings. The fourth-order valence-electron chi connectivity index (χ4n) is 6.51. The molecule has 0 atom stereocenters. The number of likely N-dealkylation sites (tertiary alicyclic amines) is 2. The van der Waals surface area contributed by atoms with E-state index in [0.717, 1.165) is 25.7 Å². The SMILES string of the molecule is CN1C(C)(C)CC(OC(=O)CN2C(C)(C)CC(N3C=CC=CCC3=O)CC2(C)C)CC1(C)C. The molecule has 0 bridgehead atoms. The molecule has 0 unspecified atom stereocenters. The summed E-state index contributed by atoms with van der Waals surface area (Å²) < 4.78 is 6.09. The van der Waals surface area contributed by atoms with Crippen molar-refractivity contribution in [3.05, 3.63) is 24.4 Å². The minimum absolute atomic E-state index is 0.0222. The minimum Gasteiger partial charge on any atom is -0.461 e. The molecule has 3 rings (SSSR count). The number of allylic oxidation sites excluding steroid dienone is 2. The highest BCUT2D eigenvalue weighted by atomic mass is 16.5. The van der Waals surface area contributed by atoms with Gasteiger partial charge in [-0.1, -0.05) is 12.2 Å². The molecule has 186 valence electrons. The topological polar surface area (TPSA) is 53.1 Å². The molecule has 33 heavy (non-hydrogen) atoms. The fraction of sp³-hybridized carbons (Fsp3) is 0.778. The summed E-state index contributed by atoms with van der Waals surface area (Å²) in [5.41, 5.74) is -0.535. The van der Waals surface area contributed by atoms with Crippen LogP contribution in [0.3, 0.4) is 0 Å². The quantitative estimate of drug-likeness (QED) is 0.579. The molecular weight excluding hydrogens is 414 g/mol. The lowest BCUT2D eigenvalue weighted by atomic mass is 9.76. The van der Waals surface area contributed by atoms with E-state index in [1.165, 1.54) is 0 Å². The van der Waals surface area contributed by atoms with Crippen LogP contribution in [0.25, 0.3) is 0 Å². The first-order valence-electron chi connectivity index (χ1n) is 12.4. The van der Waals surface area contributed by atoms with E-state index in [0.29, 0.717) is 6.42 Å². The first-order chi connectivity index (χ1) is 15.1. The van der Waals surface area contributed by atoms with Crippen LogP contribution >= 0.6 is 0 Å². The molecular formula is C27H45N3O3. The van der Waals surface area contributed by atoms with Crippen molar-refractivity contribution in [1.82, 2.24) is 14.7 Å². The highest BCUT2D eigenvalue weighted by Crippen LogP contribution is 2.41. The van der Waals surface area contributed by atoms with E-state index < -0.39 is 0 Å². The van der Waals surface area contributed by atoms with Crippen LogP contribution < -0.4 is 0 Å². The van der Waals surface area contributed by atoms with Gasteiger partial charge in [0.05, 0.1) is 6.54 Å². The average Bonchev–Trinajstić information content (AvgIpc) is 2.86. The Morgan fingerprint density at radius 3 is 2.00 bits per heavy atom. The van der Waals surface area contributed by atoms with Crippen LogP contribution in [0, 0.1) is 0 Å². The summed E-state index contributed by atoms with van der Waals surface area (Å²) in [6.45, 7) is 17.9. The van der Waals surface area contributed by atoms with E-state index in [-0.39, 0.29) is 52.7 Å². The first-order valence-corrected chi connectivity index (χ1v) is 12.4. The van der Waals surface area contributed by atoms with Crippen molar-refractivity contribution in [2.45, 2.75) is 122 Å². The number of carbonyl (C=O) groups is 2. The van der Waals surface area contributed by atoms with Gasteiger partial charge < -0.3 is 9.64 Å². The Labute approximate surface area is 201 Å². The largest absolute Gasteiger partial charge is 0.461 e. The van der Waals surface area contributed by atoms with E-state index >= 15 is 0 Å². The molecule has 0 aromatic carbocycles. The van der Waals surface area contributed by atoms with Crippen molar-refractivity contribution >= 4 is 11.9 Å². The highest BCUT2D eigenvalue weighted by molar-refractivity contribution is 5.79. The monoisotopic (exact) mass is 459 g/mol. The van der Waals surface area contributed by atoms with Crippen molar-refractivity contribution in [3.63, 3.8) is 0 Å². The van der Waals surface area contributed by atoms with E-state index in [9.17, 15) is 9.59 Å². The number of amides is 1. The van der Waals surface area contributed by atoms with Gasteiger partial charge in [-0.15, -0.1) is 0 Å². The van der Waals surface area contributed by atoms with Gasteiger partial charge in [0.15, 0.2) is 0 Å². The molecule has 0 aliphatic carbocycles. The molecule has 3 heterocycles. The Morgan fingerprint density at radius 2 is 1.45 bits per heavy atom. The molecule has 6 heteroatoms. The van der Waals surface area contributed by atoms with Gasteiger partial charge in [0.25, 0.3) is 0 Å². The van der Waals surface area contributed by atoms with Crippen LogP contribution in [0.2, 0.25) is 0 Å². The lowest BCUT2D eigenvalue weighted by Crippen LogP contribution is -2.65. The minimum atomic E-state index is -0.245. The van der Waals surface area contributed by atoms with Gasteiger partial charge >= 0.3 is 5.97 Å². The van der Waals surface area contributed by atoms with Gasteiger partial charge in [0, 0.05) is 53.7 Å². The Bertz CT molecular complexity index is 788. The summed E-state index contributed by atoms with van der Waals surface area (Å²) in [4.78, 5) is 32.4. The molecule has 0 spiro atoms. The van der Waals surface area contributed by atoms with Crippen LogP contribution in [0.4, 0.5) is 0 Å². The predicted octanol–water partition coefficient (Wildman–Crippen LogP) is 4.50. The van der Waals surface area contributed by atoms with Gasteiger partial charge in [-0.3, -0.25) is 19.4 Å². The van der Waals surface area contributed by atoms with Crippen LogP contribution in [-0.2, 0) is 14.3 Å². The summed E-state index contributed by atoms with van der Waals surface area (Å²) in [6, 6.07) is 0.112. The zero-order valence-corrected chi connectivity index (χ0v) is 22.3. The van der Waals surface area contributed by atoms with E-state index in [1.807, 2.05) is 29.3 Å². The normalized spacial score (nSPS) is 28.0. The fourth-order valence-corrected chi connectivity index (χ4v) is 6.51. The maximum absolute atomic E-state index is 13.2. The first kappa shape index (κ1) is 26.0. The van der Waals surface area contributed by atoms with Crippen LogP contribution in [0.15, 0.2) is 24.4 Å². The molecule has 0 radical (unpaired) electrons. The third-order valence-corrected chi connectivity index (χ3v) is 8.26. The second-order valence-electron chi connectivity index (χ2n) is 12.8. The number of hydrogen-bond donors (Lipinski definition) is 0. The van der Waals surface area contributed by atoms with Crippen molar-refractivity contribution < 1.29 is 14.3 Å². The summed E-state index contributed by atoms with van der Waals surface area (Å²) in [5, 5.41) is 0. The Morgan fingerprint density at radius 1 is 0.909 bits per heavy atom. The van der Waals surface area contributed by atoms with Gasteiger partial charge in [-0.25, -0.2) is 0 Å². The molecule has 3 aliphatic heterocycles. The van der Waals surface area contributed by atoms with Crippen molar-refractivity contribution in [1.29, 1.82) is 0 Å². The van der Waals surface area contributed by atoms with Crippen molar-refractivity contribution in [3.8, 4) is 0 Å². The van der Waals surface area contributed by atoms with Crippen LogP contribution in [-0.4, -0.2) is 74.5 Å². The average molecular weight is 460 g/mol. The van der Waals surface area contributed by atoms with Gasteiger partial charge in [-0.05, 0) is 81.4 Å². The molecule has 0 saturated carbocycles. The van der Waals surface area contributed by atoms with Crippen molar-refractivity contribution in [2.75, 3.05) is 13.6 Å². The second kappa shape index (κ2) is 8.84. The lowest BCUT2D eigenvalue weighted by molar-refractivity contribution is -0.167. The number of carbonyl (C=O) groups excluding carboxylic acids is 2. The predicted molar refractivity (Wildman–Crippen MR) is 133 cm³/mol. The standard InChI is InChI=1S/C27H45N3O3/c1-24(2)17-21(18-25(3,4)28(24)9)33-23(32)19-30-26(5,6)15-20(16-27(30,7)8)29-14-12-10-11-13-22(29)31/h10-12,14,20-21H,13,15-19H2,1-9H3. The van der Waals surface area contributed by atoms with E-state index in [2.05, 4.69) is 72.2 Å².